The Kier molecular flexibility index (Phi) is 2.97. The number of nitrogens with one attached hydrogen (secondary N) is 1. The number of anilines is 1. The van der Waals surface area contributed by atoms with E-state index in [9.17, 15) is 4.79 Å². The third-order valence-corrected chi connectivity index (χ3v) is 4.14. The number of amides is 1. The summed E-state index contributed by atoms with van der Waals surface area (Å²) in [7, 11) is 0. The fourth-order valence-electron chi connectivity index (χ4n) is 2.96. The molecule has 1 amide bonds. The van der Waals surface area contributed by atoms with Crippen LogP contribution in [0.1, 0.15) is 24.0 Å². The largest absolute Gasteiger partial charge is 0.441 e. The van der Waals surface area contributed by atoms with E-state index in [-0.39, 0.29) is 11.7 Å². The molecule has 1 aromatic carbocycles. The summed E-state index contributed by atoms with van der Waals surface area (Å²) in [4.78, 5) is 14.0. The van der Waals surface area contributed by atoms with Crippen LogP contribution in [0, 0.1) is 13.8 Å². The fourth-order valence-corrected chi connectivity index (χ4v) is 2.96. The highest BCUT2D eigenvalue weighted by Gasteiger charge is 2.46. The molecule has 0 aliphatic carbocycles. The summed E-state index contributed by atoms with van der Waals surface area (Å²) in [6.45, 7) is 6.61. The van der Waals surface area contributed by atoms with Crippen LogP contribution in [0.4, 0.5) is 10.5 Å². The number of benzene rings is 1. The van der Waals surface area contributed by atoms with Crippen molar-refractivity contribution in [1.82, 2.24) is 5.32 Å². The van der Waals surface area contributed by atoms with Crippen LogP contribution in [0.2, 0.25) is 0 Å². The average Bonchev–Trinajstić information content (AvgIpc) is 2.70. The molecule has 102 valence electrons. The lowest BCUT2D eigenvalue weighted by Crippen LogP contribution is -2.44. The second kappa shape index (κ2) is 4.53. The molecule has 0 unspecified atom stereocenters. The molecule has 1 spiro atoms. The van der Waals surface area contributed by atoms with E-state index >= 15 is 0 Å². The van der Waals surface area contributed by atoms with Crippen molar-refractivity contribution in [1.29, 1.82) is 0 Å². The molecular formula is C15H20N2O2. The van der Waals surface area contributed by atoms with Crippen LogP contribution in [0.3, 0.4) is 0 Å². The Balaban J connectivity index is 1.89. The number of nitrogens with zero attached hydrogens (tertiary/aromatic N) is 1. The standard InChI is InChI=1S/C15H20N2O2/c1-11-3-4-12(2)13(9-11)17-10-15(19-14(17)18)5-7-16-8-6-15/h3-4,9,16H,5-8,10H2,1-2H3. The fraction of sp³-hybridized carbons (Fsp3) is 0.533. The topological polar surface area (TPSA) is 41.6 Å². The minimum Gasteiger partial charge on any atom is -0.441 e. The predicted molar refractivity (Wildman–Crippen MR) is 74.6 cm³/mol. The van der Waals surface area contributed by atoms with Crippen molar-refractivity contribution in [2.75, 3.05) is 24.5 Å². The van der Waals surface area contributed by atoms with Crippen molar-refractivity contribution in [3.8, 4) is 0 Å². The van der Waals surface area contributed by atoms with Crippen LogP contribution < -0.4 is 10.2 Å². The van der Waals surface area contributed by atoms with E-state index in [0.717, 1.165) is 37.2 Å². The summed E-state index contributed by atoms with van der Waals surface area (Å²) in [5, 5.41) is 3.32. The van der Waals surface area contributed by atoms with Gasteiger partial charge in [0, 0.05) is 12.8 Å². The number of piperidine rings is 1. The molecule has 4 nitrogen and oxygen atoms in total. The lowest BCUT2D eigenvalue weighted by atomic mass is 9.92. The third-order valence-electron chi connectivity index (χ3n) is 4.14. The number of carbonyl (C=O) groups excluding carboxylic acids is 1. The Labute approximate surface area is 113 Å². The lowest BCUT2D eigenvalue weighted by molar-refractivity contribution is 0.0316. The number of carbonyl (C=O) groups is 1. The molecule has 19 heavy (non-hydrogen) atoms. The second-order valence-electron chi connectivity index (χ2n) is 5.68. The van der Waals surface area contributed by atoms with Crippen LogP contribution in [0.25, 0.3) is 0 Å². The number of aryl methyl sites for hydroxylation is 2. The monoisotopic (exact) mass is 260 g/mol. The summed E-state index contributed by atoms with van der Waals surface area (Å²) >= 11 is 0. The molecule has 2 aliphatic rings. The van der Waals surface area contributed by atoms with Gasteiger partial charge < -0.3 is 10.1 Å². The van der Waals surface area contributed by atoms with Crippen LogP contribution >= 0.6 is 0 Å². The third kappa shape index (κ3) is 2.21. The van der Waals surface area contributed by atoms with Crippen LogP contribution in [0.5, 0.6) is 0 Å². The molecule has 2 aliphatic heterocycles. The first-order chi connectivity index (χ1) is 9.10. The molecular weight excluding hydrogens is 240 g/mol. The molecule has 4 heteroatoms. The maximum Gasteiger partial charge on any atom is 0.415 e. The van der Waals surface area contributed by atoms with E-state index < -0.39 is 0 Å². The van der Waals surface area contributed by atoms with Crippen LogP contribution in [-0.4, -0.2) is 31.3 Å². The summed E-state index contributed by atoms with van der Waals surface area (Å²) in [6, 6.07) is 6.20. The van der Waals surface area contributed by atoms with E-state index in [2.05, 4.69) is 23.5 Å². The van der Waals surface area contributed by atoms with Gasteiger partial charge in [-0.25, -0.2) is 4.79 Å². The van der Waals surface area contributed by atoms with Crippen molar-refractivity contribution < 1.29 is 9.53 Å². The van der Waals surface area contributed by atoms with Crippen LogP contribution in [-0.2, 0) is 4.74 Å². The van der Waals surface area contributed by atoms with Crippen LogP contribution in [0.15, 0.2) is 18.2 Å². The highest BCUT2D eigenvalue weighted by molar-refractivity contribution is 5.91. The van der Waals surface area contributed by atoms with Crippen molar-refractivity contribution in [2.45, 2.75) is 32.3 Å². The molecule has 2 fully saturated rings. The first-order valence-electron chi connectivity index (χ1n) is 6.88. The maximum absolute atomic E-state index is 12.2. The van der Waals surface area contributed by atoms with Gasteiger partial charge in [-0.2, -0.15) is 0 Å². The average molecular weight is 260 g/mol. The van der Waals surface area contributed by atoms with Gasteiger partial charge in [-0.15, -0.1) is 0 Å². The van der Waals surface area contributed by atoms with Gasteiger partial charge >= 0.3 is 6.09 Å². The van der Waals surface area contributed by atoms with Gasteiger partial charge in [0.15, 0.2) is 0 Å². The molecule has 1 N–H and O–H groups in total. The quantitative estimate of drug-likeness (QED) is 0.843. The molecule has 2 heterocycles. The smallest absolute Gasteiger partial charge is 0.415 e. The Hall–Kier alpha value is -1.55. The molecule has 1 aromatic rings. The molecule has 0 atom stereocenters. The Bertz CT molecular complexity index is 507. The Morgan fingerprint density at radius 3 is 2.74 bits per heavy atom. The number of ether oxygens (including phenoxy) is 1. The first-order valence-corrected chi connectivity index (χ1v) is 6.88. The Morgan fingerprint density at radius 2 is 2.00 bits per heavy atom. The zero-order valence-electron chi connectivity index (χ0n) is 11.5. The molecule has 2 saturated heterocycles. The summed E-state index contributed by atoms with van der Waals surface area (Å²) in [5.74, 6) is 0. The maximum atomic E-state index is 12.2. The van der Waals surface area contributed by atoms with E-state index in [1.165, 1.54) is 5.56 Å². The zero-order chi connectivity index (χ0) is 13.5. The minimum absolute atomic E-state index is 0.199. The van der Waals surface area contributed by atoms with Gasteiger partial charge in [-0.3, -0.25) is 4.90 Å². The normalized spacial score (nSPS) is 21.8. The number of hydrogen-bond donors (Lipinski definition) is 1. The van der Waals surface area contributed by atoms with E-state index in [1.807, 2.05) is 13.8 Å². The highest BCUT2D eigenvalue weighted by Crippen LogP contribution is 2.35. The summed E-state index contributed by atoms with van der Waals surface area (Å²) in [5.41, 5.74) is 2.99. The molecule has 0 bridgehead atoms. The van der Waals surface area contributed by atoms with E-state index in [1.54, 1.807) is 4.90 Å². The summed E-state index contributed by atoms with van der Waals surface area (Å²) in [6.07, 6.45) is 1.61. The minimum atomic E-state index is -0.279. The predicted octanol–water partition coefficient (Wildman–Crippen LogP) is 2.38. The Morgan fingerprint density at radius 1 is 1.26 bits per heavy atom. The van der Waals surface area contributed by atoms with Gasteiger partial charge in [0.2, 0.25) is 0 Å². The van der Waals surface area contributed by atoms with Crippen molar-refractivity contribution in [2.24, 2.45) is 0 Å². The lowest BCUT2D eigenvalue weighted by Gasteiger charge is -2.31. The molecule has 0 aromatic heterocycles. The van der Waals surface area contributed by atoms with Gasteiger partial charge in [0.05, 0.1) is 12.2 Å². The second-order valence-corrected chi connectivity index (χ2v) is 5.68. The van der Waals surface area contributed by atoms with E-state index in [0.29, 0.717) is 6.54 Å². The molecule has 0 radical (unpaired) electrons. The van der Waals surface area contributed by atoms with Crippen molar-refractivity contribution in [3.63, 3.8) is 0 Å². The van der Waals surface area contributed by atoms with Gasteiger partial charge in [0.1, 0.15) is 5.60 Å². The van der Waals surface area contributed by atoms with E-state index in [4.69, 9.17) is 4.74 Å². The highest BCUT2D eigenvalue weighted by atomic mass is 16.6. The number of rotatable bonds is 1. The zero-order valence-corrected chi connectivity index (χ0v) is 11.5. The molecule has 0 saturated carbocycles. The van der Waals surface area contributed by atoms with Gasteiger partial charge in [-0.05, 0) is 44.1 Å². The molecule has 3 rings (SSSR count). The summed E-state index contributed by atoms with van der Waals surface area (Å²) < 4.78 is 5.70. The SMILES string of the molecule is Cc1ccc(C)c(N2CC3(CCNCC3)OC2=O)c1. The number of hydrogen-bond acceptors (Lipinski definition) is 3. The van der Waals surface area contributed by atoms with Crippen molar-refractivity contribution in [3.05, 3.63) is 29.3 Å². The van der Waals surface area contributed by atoms with Crippen molar-refractivity contribution >= 4 is 11.8 Å². The first kappa shape index (κ1) is 12.5. The van der Waals surface area contributed by atoms with Gasteiger partial charge in [-0.1, -0.05) is 12.1 Å². The van der Waals surface area contributed by atoms with Gasteiger partial charge in [0.25, 0.3) is 0 Å².